The number of rotatable bonds is 6. The van der Waals surface area contributed by atoms with Crippen LogP contribution in [0.4, 0.5) is 5.82 Å². The van der Waals surface area contributed by atoms with Gasteiger partial charge in [0.25, 0.3) is 0 Å². The van der Waals surface area contributed by atoms with Crippen LogP contribution in [0.1, 0.15) is 29.2 Å². The third kappa shape index (κ3) is 3.70. The summed E-state index contributed by atoms with van der Waals surface area (Å²) >= 11 is 1.57. The van der Waals surface area contributed by atoms with Crippen molar-refractivity contribution in [3.05, 3.63) is 41.2 Å². The van der Waals surface area contributed by atoms with Crippen LogP contribution in [0.2, 0.25) is 0 Å². The number of nitrogens with zero attached hydrogens (tertiary/aromatic N) is 3. The molecule has 2 aromatic heterocycles. The lowest BCUT2D eigenvalue weighted by molar-refractivity contribution is 0.0698. The zero-order chi connectivity index (χ0) is 18.8. The number of hydrogen-bond acceptors (Lipinski definition) is 6. The Labute approximate surface area is 155 Å². The Morgan fingerprint density at radius 2 is 2.19 bits per heavy atom. The fourth-order valence-corrected chi connectivity index (χ4v) is 3.20. The Balaban J connectivity index is 2.05. The normalized spacial score (nSPS) is 11.1. The standard InChI is InChI=1S/C18H20N4O3S/c1-10(2)9-25-15-5-4-12(6-13(15)16-7-20-11(3)26-16)22-8-14(18(23)24)17(19)21-22/h4-8,10H,9H2,1-3H3,(H2,19,21)(H,23,24). The number of carbonyl (C=O) groups is 1. The third-order valence-electron chi connectivity index (χ3n) is 3.66. The van der Waals surface area contributed by atoms with Gasteiger partial charge in [-0.15, -0.1) is 16.4 Å². The molecule has 26 heavy (non-hydrogen) atoms. The quantitative estimate of drug-likeness (QED) is 0.685. The van der Waals surface area contributed by atoms with Gasteiger partial charge in [-0.05, 0) is 31.0 Å². The fourth-order valence-electron chi connectivity index (χ4n) is 2.41. The predicted octanol–water partition coefficient (Wildman–Crippen LogP) is 3.62. The van der Waals surface area contributed by atoms with Crippen molar-refractivity contribution < 1.29 is 14.6 Å². The maximum Gasteiger partial charge on any atom is 0.341 e. The Bertz CT molecular complexity index is 946. The van der Waals surface area contributed by atoms with E-state index in [1.807, 2.05) is 31.3 Å². The highest BCUT2D eigenvalue weighted by molar-refractivity contribution is 7.15. The van der Waals surface area contributed by atoms with Gasteiger partial charge in [0, 0.05) is 18.0 Å². The van der Waals surface area contributed by atoms with Crippen LogP contribution < -0.4 is 10.5 Å². The molecule has 8 heteroatoms. The van der Waals surface area contributed by atoms with E-state index in [0.29, 0.717) is 18.2 Å². The van der Waals surface area contributed by atoms with E-state index < -0.39 is 5.97 Å². The van der Waals surface area contributed by atoms with E-state index in [0.717, 1.165) is 21.2 Å². The fraction of sp³-hybridized carbons (Fsp3) is 0.278. The van der Waals surface area contributed by atoms with Gasteiger partial charge in [-0.1, -0.05) is 13.8 Å². The van der Waals surface area contributed by atoms with Crippen molar-refractivity contribution in [1.29, 1.82) is 0 Å². The summed E-state index contributed by atoms with van der Waals surface area (Å²) in [6.07, 6.45) is 3.21. The summed E-state index contributed by atoms with van der Waals surface area (Å²) in [5.41, 5.74) is 7.26. The molecule has 0 aliphatic rings. The molecule has 0 aliphatic carbocycles. The molecule has 0 bridgehead atoms. The van der Waals surface area contributed by atoms with Crippen LogP contribution in [0.3, 0.4) is 0 Å². The molecule has 0 fully saturated rings. The second-order valence-corrected chi connectivity index (χ2v) is 7.54. The molecule has 0 atom stereocenters. The van der Waals surface area contributed by atoms with Crippen molar-refractivity contribution in [2.75, 3.05) is 12.3 Å². The van der Waals surface area contributed by atoms with Crippen LogP contribution in [0, 0.1) is 12.8 Å². The van der Waals surface area contributed by atoms with Crippen LogP contribution in [-0.4, -0.2) is 32.4 Å². The number of carboxylic acids is 1. The van der Waals surface area contributed by atoms with Gasteiger partial charge in [0.05, 0.1) is 22.2 Å². The number of aryl methyl sites for hydroxylation is 1. The Kier molecular flexibility index (Phi) is 4.94. The van der Waals surface area contributed by atoms with Crippen LogP contribution in [0.5, 0.6) is 5.75 Å². The van der Waals surface area contributed by atoms with E-state index in [1.165, 1.54) is 10.9 Å². The molecular weight excluding hydrogens is 352 g/mol. The lowest BCUT2D eigenvalue weighted by atomic mass is 10.1. The molecule has 1 aromatic carbocycles. The number of hydrogen-bond donors (Lipinski definition) is 2. The van der Waals surface area contributed by atoms with Gasteiger partial charge in [0.1, 0.15) is 11.3 Å². The van der Waals surface area contributed by atoms with Gasteiger partial charge in [-0.2, -0.15) is 0 Å². The molecule has 136 valence electrons. The van der Waals surface area contributed by atoms with Crippen molar-refractivity contribution in [3.63, 3.8) is 0 Å². The predicted molar refractivity (Wildman–Crippen MR) is 101 cm³/mol. The average Bonchev–Trinajstić information content (AvgIpc) is 3.18. The Hall–Kier alpha value is -2.87. The second kappa shape index (κ2) is 7.17. The number of anilines is 1. The van der Waals surface area contributed by atoms with E-state index in [4.69, 9.17) is 15.6 Å². The first kappa shape index (κ1) is 17.9. The van der Waals surface area contributed by atoms with Crippen molar-refractivity contribution in [2.24, 2.45) is 5.92 Å². The van der Waals surface area contributed by atoms with Gasteiger partial charge in [0.2, 0.25) is 0 Å². The molecule has 3 rings (SSSR count). The molecule has 3 N–H and O–H groups in total. The molecule has 0 amide bonds. The number of benzene rings is 1. The number of thiazole rings is 1. The SMILES string of the molecule is Cc1ncc(-c2cc(-n3cc(C(=O)O)c(N)n3)ccc2OCC(C)C)s1. The summed E-state index contributed by atoms with van der Waals surface area (Å²) in [5.74, 6) is 0.0243. The zero-order valence-corrected chi connectivity index (χ0v) is 15.6. The molecule has 0 saturated carbocycles. The van der Waals surface area contributed by atoms with Crippen molar-refractivity contribution in [1.82, 2.24) is 14.8 Å². The van der Waals surface area contributed by atoms with Gasteiger partial charge in [-0.3, -0.25) is 0 Å². The van der Waals surface area contributed by atoms with E-state index in [-0.39, 0.29) is 11.4 Å². The molecule has 0 aliphatic heterocycles. The smallest absolute Gasteiger partial charge is 0.341 e. The Morgan fingerprint density at radius 3 is 2.77 bits per heavy atom. The first-order valence-electron chi connectivity index (χ1n) is 8.13. The van der Waals surface area contributed by atoms with E-state index >= 15 is 0 Å². The number of carboxylic acid groups (broad SMARTS) is 1. The summed E-state index contributed by atoms with van der Waals surface area (Å²) in [6.45, 7) is 6.72. The summed E-state index contributed by atoms with van der Waals surface area (Å²) in [4.78, 5) is 16.5. The van der Waals surface area contributed by atoms with Crippen molar-refractivity contribution >= 4 is 23.1 Å². The number of nitrogens with two attached hydrogens (primary N) is 1. The van der Waals surface area contributed by atoms with Gasteiger partial charge < -0.3 is 15.6 Å². The second-order valence-electron chi connectivity index (χ2n) is 6.31. The van der Waals surface area contributed by atoms with E-state index in [2.05, 4.69) is 23.9 Å². The molecule has 7 nitrogen and oxygen atoms in total. The molecule has 0 saturated heterocycles. The highest BCUT2D eigenvalue weighted by atomic mass is 32.1. The minimum absolute atomic E-state index is 0.0205. The number of ether oxygens (including phenoxy) is 1. The van der Waals surface area contributed by atoms with Crippen molar-refractivity contribution in [3.8, 4) is 21.9 Å². The summed E-state index contributed by atoms with van der Waals surface area (Å²) < 4.78 is 7.41. The summed E-state index contributed by atoms with van der Waals surface area (Å²) in [6, 6.07) is 5.59. The van der Waals surface area contributed by atoms with E-state index in [1.54, 1.807) is 11.3 Å². The summed E-state index contributed by atoms with van der Waals surface area (Å²) in [5, 5.41) is 14.2. The maximum atomic E-state index is 11.2. The summed E-state index contributed by atoms with van der Waals surface area (Å²) in [7, 11) is 0. The number of aromatic nitrogens is 3. The first-order chi connectivity index (χ1) is 12.3. The van der Waals surface area contributed by atoms with Crippen LogP contribution in [0.15, 0.2) is 30.6 Å². The molecule has 0 spiro atoms. The van der Waals surface area contributed by atoms with Crippen LogP contribution in [0.25, 0.3) is 16.1 Å². The number of aromatic carboxylic acids is 1. The highest BCUT2D eigenvalue weighted by Crippen LogP contribution is 2.36. The average molecular weight is 372 g/mol. The minimum atomic E-state index is -1.11. The largest absolute Gasteiger partial charge is 0.493 e. The topological polar surface area (TPSA) is 103 Å². The molecule has 2 heterocycles. The van der Waals surface area contributed by atoms with Crippen LogP contribution >= 0.6 is 11.3 Å². The molecular formula is C18H20N4O3S. The van der Waals surface area contributed by atoms with Gasteiger partial charge >= 0.3 is 5.97 Å². The lowest BCUT2D eigenvalue weighted by Gasteiger charge is -2.14. The third-order valence-corrected chi connectivity index (χ3v) is 4.61. The monoisotopic (exact) mass is 372 g/mol. The van der Waals surface area contributed by atoms with Crippen LogP contribution in [-0.2, 0) is 0 Å². The lowest BCUT2D eigenvalue weighted by Crippen LogP contribution is -2.06. The van der Waals surface area contributed by atoms with E-state index in [9.17, 15) is 4.79 Å². The first-order valence-corrected chi connectivity index (χ1v) is 8.95. The van der Waals surface area contributed by atoms with Gasteiger partial charge in [-0.25, -0.2) is 14.5 Å². The van der Waals surface area contributed by atoms with Gasteiger partial charge in [0.15, 0.2) is 5.82 Å². The van der Waals surface area contributed by atoms with Crippen molar-refractivity contribution in [2.45, 2.75) is 20.8 Å². The molecule has 3 aromatic rings. The Morgan fingerprint density at radius 1 is 1.42 bits per heavy atom. The molecule has 0 unspecified atom stereocenters. The number of nitrogen functional groups attached to an aromatic ring is 1. The highest BCUT2D eigenvalue weighted by Gasteiger charge is 2.16. The minimum Gasteiger partial charge on any atom is -0.493 e. The zero-order valence-electron chi connectivity index (χ0n) is 14.8. The molecule has 0 radical (unpaired) electrons. The maximum absolute atomic E-state index is 11.2.